The molecule has 0 aliphatic rings. The first-order valence-electron chi connectivity index (χ1n) is 4.19. The molecule has 0 aromatic carbocycles. The van der Waals surface area contributed by atoms with Gasteiger partial charge in [0.2, 0.25) is 6.29 Å². The molecule has 82 valence electrons. The van der Waals surface area contributed by atoms with Crippen molar-refractivity contribution in [3.63, 3.8) is 0 Å². The predicted molar refractivity (Wildman–Crippen MR) is 45.3 cm³/mol. The van der Waals surface area contributed by atoms with E-state index in [1.54, 1.807) is 0 Å². The van der Waals surface area contributed by atoms with Crippen molar-refractivity contribution in [1.82, 2.24) is 0 Å². The van der Waals surface area contributed by atoms with Gasteiger partial charge >= 0.3 is 11.9 Å². The zero-order valence-electron chi connectivity index (χ0n) is 7.84. The highest BCUT2D eigenvalue weighted by molar-refractivity contribution is 5.71. The van der Waals surface area contributed by atoms with Crippen molar-refractivity contribution in [2.24, 2.45) is 0 Å². The lowest BCUT2D eigenvalue weighted by molar-refractivity contribution is -0.166. The fourth-order valence-corrected chi connectivity index (χ4v) is 0.860. The quantitative estimate of drug-likeness (QED) is 0.399. The Morgan fingerprint density at radius 3 is 2.29 bits per heavy atom. The number of hydrogen-bond acceptors (Lipinski definition) is 5. The van der Waals surface area contributed by atoms with E-state index in [1.807, 2.05) is 0 Å². The Morgan fingerprint density at radius 1 is 1.29 bits per heavy atom. The third-order valence-corrected chi connectivity index (χ3v) is 1.52. The second-order valence-electron chi connectivity index (χ2n) is 2.85. The number of carboxylic acid groups (broad SMARTS) is 1. The van der Waals surface area contributed by atoms with Crippen LogP contribution >= 0.6 is 0 Å². The van der Waals surface area contributed by atoms with E-state index in [-0.39, 0.29) is 19.3 Å². The highest BCUT2D eigenvalue weighted by atomic mass is 16.6. The van der Waals surface area contributed by atoms with Crippen LogP contribution in [0, 0.1) is 0 Å². The van der Waals surface area contributed by atoms with Crippen LogP contribution in [0.1, 0.15) is 26.2 Å². The third-order valence-electron chi connectivity index (χ3n) is 1.52. The molecular formula is C8H14O6. The average molecular weight is 206 g/mol. The van der Waals surface area contributed by atoms with Gasteiger partial charge in [-0.1, -0.05) is 0 Å². The van der Waals surface area contributed by atoms with E-state index in [4.69, 9.17) is 15.3 Å². The van der Waals surface area contributed by atoms with E-state index in [0.29, 0.717) is 0 Å². The molecule has 0 radical (unpaired) electrons. The van der Waals surface area contributed by atoms with Gasteiger partial charge < -0.3 is 20.1 Å². The molecule has 0 saturated carbocycles. The minimum absolute atomic E-state index is 0.0215. The van der Waals surface area contributed by atoms with E-state index >= 15 is 0 Å². The van der Waals surface area contributed by atoms with Crippen LogP contribution in [0.4, 0.5) is 0 Å². The second-order valence-corrected chi connectivity index (χ2v) is 2.85. The van der Waals surface area contributed by atoms with Crippen molar-refractivity contribution < 1.29 is 29.6 Å². The summed E-state index contributed by atoms with van der Waals surface area (Å²) >= 11 is 0. The maximum atomic E-state index is 10.3. The van der Waals surface area contributed by atoms with Crippen molar-refractivity contribution in [3.05, 3.63) is 0 Å². The molecule has 0 saturated heterocycles. The lowest BCUT2D eigenvalue weighted by Crippen LogP contribution is -2.21. The summed E-state index contributed by atoms with van der Waals surface area (Å²) in [6.45, 7) is 1.16. The standard InChI is InChI=1S/C8H14O6/c1-5(9)14-7(11)4-2-3-6(10)8(12)13/h6-7,10-11H,2-4H2,1H3,(H,12,13). The van der Waals surface area contributed by atoms with Crippen molar-refractivity contribution in [2.75, 3.05) is 0 Å². The van der Waals surface area contributed by atoms with Gasteiger partial charge in [-0.3, -0.25) is 4.79 Å². The van der Waals surface area contributed by atoms with Crippen LogP contribution in [-0.4, -0.2) is 39.7 Å². The summed E-state index contributed by atoms with van der Waals surface area (Å²) in [5, 5.41) is 26.1. The number of rotatable bonds is 6. The van der Waals surface area contributed by atoms with Gasteiger partial charge in [-0.2, -0.15) is 0 Å². The Labute approximate surface area is 81.1 Å². The van der Waals surface area contributed by atoms with E-state index in [2.05, 4.69) is 4.74 Å². The summed E-state index contributed by atoms with van der Waals surface area (Å²) in [7, 11) is 0. The van der Waals surface area contributed by atoms with E-state index in [1.165, 1.54) is 0 Å². The number of aliphatic carboxylic acids is 1. The lowest BCUT2D eigenvalue weighted by Gasteiger charge is -2.10. The first kappa shape index (κ1) is 12.9. The van der Waals surface area contributed by atoms with Gasteiger partial charge in [0.05, 0.1) is 0 Å². The van der Waals surface area contributed by atoms with Crippen LogP contribution in [0.25, 0.3) is 0 Å². The van der Waals surface area contributed by atoms with Gasteiger partial charge in [-0.05, 0) is 12.8 Å². The summed E-state index contributed by atoms with van der Waals surface area (Å²) in [5.74, 6) is -1.90. The first-order chi connectivity index (χ1) is 6.43. The molecule has 3 N–H and O–H groups in total. The molecule has 2 atom stereocenters. The van der Waals surface area contributed by atoms with E-state index in [9.17, 15) is 9.59 Å². The van der Waals surface area contributed by atoms with Crippen molar-refractivity contribution in [1.29, 1.82) is 0 Å². The van der Waals surface area contributed by atoms with E-state index < -0.39 is 24.3 Å². The summed E-state index contributed by atoms with van der Waals surface area (Å²) < 4.78 is 4.38. The Kier molecular flexibility index (Phi) is 5.82. The monoisotopic (exact) mass is 206 g/mol. The van der Waals surface area contributed by atoms with Gasteiger partial charge in [0.25, 0.3) is 0 Å². The SMILES string of the molecule is CC(=O)OC(O)CCCC(O)C(=O)O. The number of carboxylic acids is 1. The molecule has 0 bridgehead atoms. The van der Waals surface area contributed by atoms with Crippen LogP contribution in [-0.2, 0) is 14.3 Å². The number of carbonyl (C=O) groups excluding carboxylic acids is 1. The lowest BCUT2D eigenvalue weighted by atomic mass is 10.1. The predicted octanol–water partition coefficient (Wildman–Crippen LogP) is -0.516. The summed E-state index contributed by atoms with van der Waals surface area (Å²) in [6.07, 6.45) is -2.26. The normalized spacial score (nSPS) is 14.5. The van der Waals surface area contributed by atoms with Gasteiger partial charge in [0, 0.05) is 13.3 Å². The Hall–Kier alpha value is -1.14. The van der Waals surface area contributed by atoms with Crippen LogP contribution in [0.3, 0.4) is 0 Å². The van der Waals surface area contributed by atoms with Gasteiger partial charge in [-0.15, -0.1) is 0 Å². The highest BCUT2D eigenvalue weighted by Crippen LogP contribution is 2.05. The molecule has 2 unspecified atom stereocenters. The van der Waals surface area contributed by atoms with Gasteiger partial charge in [-0.25, -0.2) is 4.79 Å². The maximum absolute atomic E-state index is 10.3. The molecule has 6 nitrogen and oxygen atoms in total. The minimum Gasteiger partial charge on any atom is -0.479 e. The second kappa shape index (κ2) is 6.33. The molecule has 0 heterocycles. The number of aliphatic hydroxyl groups is 2. The van der Waals surface area contributed by atoms with Gasteiger partial charge in [0.1, 0.15) is 0 Å². The zero-order valence-corrected chi connectivity index (χ0v) is 7.84. The summed E-state index contributed by atoms with van der Waals surface area (Å²) in [5.41, 5.74) is 0. The number of aliphatic hydroxyl groups excluding tert-OH is 2. The van der Waals surface area contributed by atoms with Crippen molar-refractivity contribution >= 4 is 11.9 Å². The third kappa shape index (κ3) is 6.38. The Morgan fingerprint density at radius 2 is 1.86 bits per heavy atom. The number of carbonyl (C=O) groups is 2. The molecular weight excluding hydrogens is 192 g/mol. The fourth-order valence-electron chi connectivity index (χ4n) is 0.860. The van der Waals surface area contributed by atoms with Crippen LogP contribution < -0.4 is 0 Å². The molecule has 0 spiro atoms. The van der Waals surface area contributed by atoms with Crippen LogP contribution in [0.2, 0.25) is 0 Å². The Balaban J connectivity index is 3.53. The molecule has 0 aromatic rings. The van der Waals surface area contributed by atoms with Crippen LogP contribution in [0.15, 0.2) is 0 Å². The van der Waals surface area contributed by atoms with E-state index in [0.717, 1.165) is 6.92 Å². The smallest absolute Gasteiger partial charge is 0.332 e. The first-order valence-corrected chi connectivity index (χ1v) is 4.19. The molecule has 0 fully saturated rings. The topological polar surface area (TPSA) is 104 Å². The number of ether oxygens (including phenoxy) is 1. The minimum atomic E-state index is -1.43. The number of esters is 1. The maximum Gasteiger partial charge on any atom is 0.332 e. The average Bonchev–Trinajstić information content (AvgIpc) is 2.02. The molecule has 0 rings (SSSR count). The van der Waals surface area contributed by atoms with Crippen molar-refractivity contribution in [3.8, 4) is 0 Å². The molecule has 0 aromatic heterocycles. The molecule has 0 aliphatic carbocycles. The van der Waals surface area contributed by atoms with Crippen LogP contribution in [0.5, 0.6) is 0 Å². The van der Waals surface area contributed by atoms with Gasteiger partial charge in [0.15, 0.2) is 6.10 Å². The highest BCUT2D eigenvalue weighted by Gasteiger charge is 2.14. The molecule has 0 amide bonds. The molecule has 6 heteroatoms. The summed E-state index contributed by atoms with van der Waals surface area (Å²) in [6, 6.07) is 0. The van der Waals surface area contributed by atoms with Crippen molar-refractivity contribution in [2.45, 2.75) is 38.6 Å². The fraction of sp³-hybridized carbons (Fsp3) is 0.750. The molecule has 14 heavy (non-hydrogen) atoms. The number of hydrogen-bond donors (Lipinski definition) is 3. The zero-order chi connectivity index (χ0) is 11.1. The summed E-state index contributed by atoms with van der Waals surface area (Å²) in [4.78, 5) is 20.5. The Bertz CT molecular complexity index is 202. The largest absolute Gasteiger partial charge is 0.479 e. The molecule has 0 aliphatic heterocycles.